The standard InChI is InChI=1S/C27H36N6O2S/c28-12-21-14-31-26(30-13-18-3-1-2-4-23(18)36)33-25(21)32-16-27-9-17-7-19(10-27)24(20(8-17)11-27)29-6-5-22(35)15-34/h1-4,14,17,19-20,22,24,29,34-36H,5-11,13,15-16H2,(H2,30,31,32,33)/t17?,19-,20+,22-,24-,27-/m0/s1. The lowest BCUT2D eigenvalue weighted by atomic mass is 9.48. The summed E-state index contributed by atoms with van der Waals surface area (Å²) in [5.41, 5.74) is 1.75. The molecule has 0 radical (unpaired) electrons. The predicted molar refractivity (Wildman–Crippen MR) is 142 cm³/mol. The first kappa shape index (κ1) is 25.3. The number of hydrogen-bond acceptors (Lipinski definition) is 9. The average molecular weight is 509 g/mol. The molecule has 6 rings (SSSR count). The number of aromatic nitrogens is 2. The van der Waals surface area contributed by atoms with Gasteiger partial charge in [0.1, 0.15) is 17.5 Å². The summed E-state index contributed by atoms with van der Waals surface area (Å²) in [6.07, 6.45) is 7.66. The molecule has 192 valence electrons. The first-order chi connectivity index (χ1) is 17.5. The van der Waals surface area contributed by atoms with Gasteiger partial charge in [0.15, 0.2) is 0 Å². The summed E-state index contributed by atoms with van der Waals surface area (Å²) in [4.78, 5) is 9.90. The van der Waals surface area contributed by atoms with E-state index in [4.69, 9.17) is 5.11 Å². The largest absolute Gasteiger partial charge is 0.394 e. The van der Waals surface area contributed by atoms with Gasteiger partial charge in [0, 0.05) is 24.0 Å². The zero-order valence-electron chi connectivity index (χ0n) is 20.5. The van der Waals surface area contributed by atoms with Crippen LogP contribution in [0, 0.1) is 34.5 Å². The molecular formula is C27H36N6O2S. The van der Waals surface area contributed by atoms with Crippen molar-refractivity contribution in [2.24, 2.45) is 23.2 Å². The van der Waals surface area contributed by atoms with Crippen molar-refractivity contribution in [3.8, 4) is 6.07 Å². The third-order valence-electron chi connectivity index (χ3n) is 8.44. The second kappa shape index (κ2) is 10.9. The van der Waals surface area contributed by atoms with Crippen LogP contribution in [-0.2, 0) is 6.54 Å². The van der Waals surface area contributed by atoms with Crippen LogP contribution in [-0.4, -0.2) is 52.0 Å². The molecule has 9 heteroatoms. The Balaban J connectivity index is 1.22. The Morgan fingerprint density at radius 3 is 2.67 bits per heavy atom. The molecule has 0 spiro atoms. The summed E-state index contributed by atoms with van der Waals surface area (Å²) in [6, 6.07) is 10.6. The normalized spacial score (nSPS) is 29.1. The maximum atomic E-state index is 9.69. The molecule has 1 unspecified atom stereocenters. The summed E-state index contributed by atoms with van der Waals surface area (Å²) in [6.45, 7) is 1.94. The van der Waals surface area contributed by atoms with Crippen molar-refractivity contribution >= 4 is 24.4 Å². The van der Waals surface area contributed by atoms with E-state index in [-0.39, 0.29) is 12.0 Å². The molecule has 2 aromatic rings. The maximum Gasteiger partial charge on any atom is 0.224 e. The van der Waals surface area contributed by atoms with Crippen LogP contribution in [0.15, 0.2) is 35.4 Å². The van der Waals surface area contributed by atoms with Crippen LogP contribution in [0.2, 0.25) is 0 Å². The number of anilines is 2. The van der Waals surface area contributed by atoms with Crippen molar-refractivity contribution < 1.29 is 10.2 Å². The third-order valence-corrected chi connectivity index (χ3v) is 8.87. The Kier molecular flexibility index (Phi) is 7.68. The number of hydrogen-bond donors (Lipinski definition) is 6. The van der Waals surface area contributed by atoms with Crippen LogP contribution in [0.5, 0.6) is 0 Å². The molecular weight excluding hydrogens is 472 g/mol. The number of nitrogens with zero attached hydrogens (tertiary/aromatic N) is 3. The minimum atomic E-state index is -0.640. The van der Waals surface area contributed by atoms with Gasteiger partial charge in [-0.1, -0.05) is 18.2 Å². The molecule has 8 nitrogen and oxygen atoms in total. The van der Waals surface area contributed by atoms with E-state index in [1.165, 1.54) is 32.1 Å². The van der Waals surface area contributed by atoms with Gasteiger partial charge in [0.05, 0.1) is 18.9 Å². The van der Waals surface area contributed by atoms with Crippen molar-refractivity contribution in [3.63, 3.8) is 0 Å². The highest BCUT2D eigenvalue weighted by molar-refractivity contribution is 7.80. The van der Waals surface area contributed by atoms with Crippen molar-refractivity contribution in [2.45, 2.75) is 62.1 Å². The van der Waals surface area contributed by atoms with E-state index in [2.05, 4.69) is 44.6 Å². The Morgan fingerprint density at radius 2 is 1.94 bits per heavy atom. The fourth-order valence-electron chi connectivity index (χ4n) is 7.04. The van der Waals surface area contributed by atoms with Crippen molar-refractivity contribution in [1.82, 2.24) is 15.3 Å². The minimum Gasteiger partial charge on any atom is -0.394 e. The molecule has 5 N–H and O–H groups in total. The smallest absolute Gasteiger partial charge is 0.224 e. The molecule has 0 amide bonds. The monoisotopic (exact) mass is 508 g/mol. The van der Waals surface area contributed by atoms with E-state index in [1.807, 2.05) is 24.3 Å². The van der Waals surface area contributed by atoms with Crippen LogP contribution < -0.4 is 16.0 Å². The highest BCUT2D eigenvalue weighted by Crippen LogP contribution is 2.60. The van der Waals surface area contributed by atoms with Gasteiger partial charge in [-0.15, -0.1) is 12.6 Å². The van der Waals surface area contributed by atoms with Crippen LogP contribution in [0.1, 0.15) is 49.7 Å². The average Bonchev–Trinajstić information content (AvgIpc) is 2.88. The zero-order chi connectivity index (χ0) is 25.1. The Hall–Kier alpha value is -2.38. The topological polar surface area (TPSA) is 126 Å². The Bertz CT molecular complexity index is 1090. The van der Waals surface area contributed by atoms with Crippen molar-refractivity contribution in [2.75, 3.05) is 30.3 Å². The Labute approximate surface area is 218 Å². The number of thiol groups is 1. The molecule has 1 aromatic carbocycles. The summed E-state index contributed by atoms with van der Waals surface area (Å²) < 4.78 is 0. The van der Waals surface area contributed by atoms with Crippen LogP contribution in [0.4, 0.5) is 11.8 Å². The van der Waals surface area contributed by atoms with Crippen molar-refractivity contribution in [1.29, 1.82) is 5.26 Å². The lowest BCUT2D eigenvalue weighted by Gasteiger charge is -2.60. The summed E-state index contributed by atoms with van der Waals surface area (Å²) in [5.74, 6) is 3.14. The lowest BCUT2D eigenvalue weighted by molar-refractivity contribution is -0.0699. The van der Waals surface area contributed by atoms with Gasteiger partial charge < -0.3 is 26.2 Å². The van der Waals surface area contributed by atoms with Crippen LogP contribution in [0.25, 0.3) is 0 Å². The van der Waals surface area contributed by atoms with Gasteiger partial charge in [0.2, 0.25) is 5.95 Å². The molecule has 4 aliphatic carbocycles. The summed E-state index contributed by atoms with van der Waals surface area (Å²) in [7, 11) is 0. The highest BCUT2D eigenvalue weighted by atomic mass is 32.1. The number of aliphatic hydroxyl groups is 2. The molecule has 4 saturated carbocycles. The van der Waals surface area contributed by atoms with Gasteiger partial charge in [-0.3, -0.25) is 0 Å². The Morgan fingerprint density at radius 1 is 1.17 bits per heavy atom. The molecule has 4 aliphatic rings. The lowest BCUT2D eigenvalue weighted by Crippen LogP contribution is -2.59. The SMILES string of the molecule is N#Cc1cnc(NCc2ccccc2S)nc1NC[C@]12CC3C[C@H](C1)[C@@H](NCC[C@H](O)CO)[C@@H](C3)C2. The quantitative estimate of drug-likeness (QED) is 0.256. The molecule has 6 atom stereocenters. The second-order valence-electron chi connectivity index (χ2n) is 11.0. The van der Waals surface area contributed by atoms with Crippen molar-refractivity contribution in [3.05, 3.63) is 41.6 Å². The van der Waals surface area contributed by atoms with E-state index in [1.54, 1.807) is 6.20 Å². The van der Waals surface area contributed by atoms with Gasteiger partial charge in [0.25, 0.3) is 0 Å². The molecule has 0 aliphatic heterocycles. The number of aliphatic hydroxyl groups excluding tert-OH is 2. The molecule has 0 saturated heterocycles. The molecule has 4 bridgehead atoms. The first-order valence-electron chi connectivity index (χ1n) is 13.0. The van der Waals surface area contributed by atoms with Gasteiger partial charge in [-0.05, 0) is 79.9 Å². The third kappa shape index (κ3) is 5.47. The number of benzene rings is 1. The predicted octanol–water partition coefficient (Wildman–Crippen LogP) is 3.19. The first-order valence-corrected chi connectivity index (χ1v) is 13.5. The highest BCUT2D eigenvalue weighted by Gasteiger charge is 2.55. The minimum absolute atomic E-state index is 0.177. The maximum absolute atomic E-state index is 9.69. The molecule has 36 heavy (non-hydrogen) atoms. The number of rotatable bonds is 11. The molecule has 1 heterocycles. The van der Waals surface area contributed by atoms with Crippen LogP contribution >= 0.6 is 12.6 Å². The van der Waals surface area contributed by atoms with Gasteiger partial charge in [-0.25, -0.2) is 4.98 Å². The number of nitrogens with one attached hydrogen (secondary N) is 3. The van der Waals surface area contributed by atoms with E-state index in [0.29, 0.717) is 48.2 Å². The summed E-state index contributed by atoms with van der Waals surface area (Å²) >= 11 is 4.51. The van der Waals surface area contributed by atoms with Gasteiger partial charge in [-0.2, -0.15) is 10.2 Å². The number of nitriles is 1. The van der Waals surface area contributed by atoms with E-state index >= 15 is 0 Å². The summed E-state index contributed by atoms with van der Waals surface area (Å²) in [5, 5.41) is 38.9. The van der Waals surface area contributed by atoms with E-state index in [0.717, 1.165) is 29.5 Å². The van der Waals surface area contributed by atoms with E-state index < -0.39 is 6.10 Å². The molecule has 4 fully saturated rings. The fourth-order valence-corrected chi connectivity index (χ4v) is 7.28. The fraction of sp³-hybridized carbons (Fsp3) is 0.593. The van der Waals surface area contributed by atoms with Crippen LogP contribution in [0.3, 0.4) is 0 Å². The van der Waals surface area contributed by atoms with Gasteiger partial charge >= 0.3 is 0 Å². The molecule has 1 aromatic heterocycles. The second-order valence-corrected chi connectivity index (χ2v) is 11.5. The van der Waals surface area contributed by atoms with E-state index in [9.17, 15) is 10.4 Å². The zero-order valence-corrected chi connectivity index (χ0v) is 21.4.